The van der Waals surface area contributed by atoms with Crippen molar-refractivity contribution in [2.45, 2.75) is 6.92 Å². The minimum Gasteiger partial charge on any atom is -0.497 e. The largest absolute Gasteiger partial charge is 0.497 e. The molecule has 0 N–H and O–H groups in total. The monoisotopic (exact) mass is 290 g/mol. The van der Waals surface area contributed by atoms with E-state index in [1.807, 2.05) is 36.4 Å². The van der Waals surface area contributed by atoms with Crippen LogP contribution in [0, 0.1) is 6.92 Å². The molecule has 0 unspecified atom stereocenters. The van der Waals surface area contributed by atoms with Gasteiger partial charge in [0.15, 0.2) is 11.5 Å². The number of hydrogen-bond donors (Lipinski definition) is 0. The lowest BCUT2D eigenvalue weighted by molar-refractivity contribution is 0.415. The van der Waals surface area contributed by atoms with Gasteiger partial charge in [-0.05, 0) is 31.2 Å². The van der Waals surface area contributed by atoms with E-state index in [9.17, 15) is 0 Å². The summed E-state index contributed by atoms with van der Waals surface area (Å²) < 4.78 is 6.98. The van der Waals surface area contributed by atoms with Gasteiger partial charge in [-0.3, -0.25) is 0 Å². The first-order valence-electron chi connectivity index (χ1n) is 7.01. The summed E-state index contributed by atoms with van der Waals surface area (Å²) in [5.74, 6) is 1.45. The zero-order chi connectivity index (χ0) is 15.1. The molecule has 0 fully saturated rings. The molecule has 4 aromatic rings. The van der Waals surface area contributed by atoms with E-state index >= 15 is 0 Å². The molecule has 0 atom stereocenters. The topological polar surface area (TPSA) is 52.3 Å². The molecule has 0 aliphatic rings. The molecular weight excluding hydrogens is 276 g/mol. The van der Waals surface area contributed by atoms with Crippen LogP contribution < -0.4 is 4.74 Å². The molecule has 4 rings (SSSR count). The van der Waals surface area contributed by atoms with Crippen LogP contribution in [0.3, 0.4) is 0 Å². The van der Waals surface area contributed by atoms with Crippen LogP contribution in [0.5, 0.6) is 5.75 Å². The molecular formula is C17H14N4O. The molecule has 0 saturated carbocycles. The van der Waals surface area contributed by atoms with Crippen molar-refractivity contribution in [3.05, 3.63) is 54.4 Å². The second kappa shape index (κ2) is 4.80. The second-order valence-corrected chi connectivity index (χ2v) is 5.20. The molecule has 0 aliphatic carbocycles. The number of benzene rings is 2. The van der Waals surface area contributed by atoms with E-state index in [1.165, 1.54) is 5.56 Å². The molecule has 22 heavy (non-hydrogen) atoms. The molecule has 2 heterocycles. The zero-order valence-corrected chi connectivity index (χ0v) is 12.3. The van der Waals surface area contributed by atoms with Crippen molar-refractivity contribution in [1.29, 1.82) is 0 Å². The van der Waals surface area contributed by atoms with Crippen molar-refractivity contribution in [1.82, 2.24) is 19.6 Å². The van der Waals surface area contributed by atoms with Crippen molar-refractivity contribution in [2.24, 2.45) is 0 Å². The summed E-state index contributed by atoms with van der Waals surface area (Å²) in [6, 6.07) is 13.9. The summed E-state index contributed by atoms with van der Waals surface area (Å²) >= 11 is 0. The van der Waals surface area contributed by atoms with Crippen molar-refractivity contribution < 1.29 is 4.74 Å². The van der Waals surface area contributed by atoms with Gasteiger partial charge in [-0.25, -0.2) is 14.5 Å². The van der Waals surface area contributed by atoms with Gasteiger partial charge in [-0.2, -0.15) is 0 Å². The Morgan fingerprint density at radius 1 is 1.09 bits per heavy atom. The van der Waals surface area contributed by atoms with E-state index in [0.717, 1.165) is 27.9 Å². The van der Waals surface area contributed by atoms with Crippen LogP contribution in [0.2, 0.25) is 0 Å². The maximum atomic E-state index is 5.26. The zero-order valence-electron chi connectivity index (χ0n) is 12.3. The Bertz CT molecular complexity index is 990. The van der Waals surface area contributed by atoms with Gasteiger partial charge in [0.2, 0.25) is 0 Å². The van der Waals surface area contributed by atoms with E-state index < -0.39 is 0 Å². The molecule has 5 heteroatoms. The van der Waals surface area contributed by atoms with Crippen LogP contribution in [-0.2, 0) is 0 Å². The highest BCUT2D eigenvalue weighted by atomic mass is 16.5. The van der Waals surface area contributed by atoms with Crippen molar-refractivity contribution in [3.8, 4) is 17.1 Å². The summed E-state index contributed by atoms with van der Waals surface area (Å²) in [5, 5.41) is 5.53. The maximum absolute atomic E-state index is 5.26. The first kappa shape index (κ1) is 12.8. The van der Waals surface area contributed by atoms with Gasteiger partial charge >= 0.3 is 0 Å². The molecule has 0 radical (unpaired) electrons. The molecule has 0 amide bonds. The van der Waals surface area contributed by atoms with Crippen LogP contribution in [0.15, 0.2) is 48.8 Å². The highest BCUT2D eigenvalue weighted by Crippen LogP contribution is 2.24. The minimum atomic E-state index is 0.662. The van der Waals surface area contributed by atoms with Crippen molar-refractivity contribution in [2.75, 3.05) is 7.11 Å². The normalized spacial score (nSPS) is 11.2. The van der Waals surface area contributed by atoms with Crippen LogP contribution in [0.1, 0.15) is 5.56 Å². The van der Waals surface area contributed by atoms with E-state index in [0.29, 0.717) is 5.82 Å². The summed E-state index contributed by atoms with van der Waals surface area (Å²) in [7, 11) is 1.65. The number of ether oxygens (including phenoxy) is 1. The standard InChI is InChI=1S/C17H14N4O/c1-11-6-7-15-14(8-11)17-19-16(20-21(17)10-18-15)12-4-3-5-13(9-12)22-2/h3-10H,1-2H3. The first-order chi connectivity index (χ1) is 10.7. The minimum absolute atomic E-state index is 0.662. The van der Waals surface area contributed by atoms with Crippen LogP contribution in [0.4, 0.5) is 0 Å². The molecule has 2 aromatic carbocycles. The van der Waals surface area contributed by atoms with E-state index in [1.54, 1.807) is 18.0 Å². The van der Waals surface area contributed by atoms with Crippen LogP contribution in [0.25, 0.3) is 27.9 Å². The fraction of sp³-hybridized carbons (Fsp3) is 0.118. The van der Waals surface area contributed by atoms with Crippen molar-refractivity contribution >= 4 is 16.6 Å². The summed E-state index contributed by atoms with van der Waals surface area (Å²) in [5.41, 5.74) is 3.83. The summed E-state index contributed by atoms with van der Waals surface area (Å²) in [6.45, 7) is 2.06. The number of fused-ring (bicyclic) bond motifs is 3. The molecule has 0 saturated heterocycles. The fourth-order valence-electron chi connectivity index (χ4n) is 2.53. The Hall–Kier alpha value is -2.95. The Balaban J connectivity index is 1.96. The molecule has 0 bridgehead atoms. The predicted octanol–water partition coefficient (Wildman–Crippen LogP) is 3.26. The predicted molar refractivity (Wildman–Crippen MR) is 85.0 cm³/mol. The van der Waals surface area contributed by atoms with Gasteiger partial charge in [0.05, 0.1) is 12.6 Å². The maximum Gasteiger partial charge on any atom is 0.182 e. The summed E-state index contributed by atoms with van der Waals surface area (Å²) in [6.07, 6.45) is 1.70. The van der Waals surface area contributed by atoms with Gasteiger partial charge in [-0.15, -0.1) is 5.10 Å². The number of aromatic nitrogens is 4. The Labute approximate surface area is 127 Å². The van der Waals surface area contributed by atoms with E-state index in [-0.39, 0.29) is 0 Å². The molecule has 2 aromatic heterocycles. The van der Waals surface area contributed by atoms with E-state index in [2.05, 4.69) is 28.1 Å². The molecule has 5 nitrogen and oxygen atoms in total. The Morgan fingerprint density at radius 2 is 2.00 bits per heavy atom. The fourth-order valence-corrected chi connectivity index (χ4v) is 2.53. The lowest BCUT2D eigenvalue weighted by Crippen LogP contribution is -1.91. The van der Waals surface area contributed by atoms with Crippen molar-refractivity contribution in [3.63, 3.8) is 0 Å². The molecule has 108 valence electrons. The number of rotatable bonds is 2. The lowest BCUT2D eigenvalue weighted by Gasteiger charge is -2.00. The lowest BCUT2D eigenvalue weighted by atomic mass is 10.1. The van der Waals surface area contributed by atoms with Gasteiger partial charge in [-0.1, -0.05) is 23.8 Å². The molecule has 0 aliphatic heterocycles. The van der Waals surface area contributed by atoms with Gasteiger partial charge < -0.3 is 4.74 Å². The van der Waals surface area contributed by atoms with Crippen LogP contribution >= 0.6 is 0 Å². The third-order valence-electron chi connectivity index (χ3n) is 3.66. The number of hydrogen-bond acceptors (Lipinski definition) is 4. The molecule has 0 spiro atoms. The van der Waals surface area contributed by atoms with Gasteiger partial charge in [0.25, 0.3) is 0 Å². The smallest absolute Gasteiger partial charge is 0.182 e. The average molecular weight is 290 g/mol. The average Bonchev–Trinajstić information content (AvgIpc) is 2.99. The first-order valence-corrected chi connectivity index (χ1v) is 7.01. The number of aryl methyl sites for hydroxylation is 1. The van der Waals surface area contributed by atoms with E-state index in [4.69, 9.17) is 4.74 Å². The quantitative estimate of drug-likeness (QED) is 0.568. The second-order valence-electron chi connectivity index (χ2n) is 5.20. The third kappa shape index (κ3) is 1.98. The Kier molecular flexibility index (Phi) is 2.79. The number of methoxy groups -OCH3 is 1. The third-order valence-corrected chi connectivity index (χ3v) is 3.66. The van der Waals surface area contributed by atoms with Gasteiger partial charge in [0, 0.05) is 10.9 Å². The summed E-state index contributed by atoms with van der Waals surface area (Å²) in [4.78, 5) is 9.11. The van der Waals surface area contributed by atoms with Gasteiger partial charge in [0.1, 0.15) is 12.1 Å². The van der Waals surface area contributed by atoms with Crippen LogP contribution in [-0.4, -0.2) is 26.7 Å². The highest BCUT2D eigenvalue weighted by molar-refractivity contribution is 5.91. The Morgan fingerprint density at radius 3 is 2.86 bits per heavy atom. The number of nitrogens with zero attached hydrogens (tertiary/aromatic N) is 4. The highest BCUT2D eigenvalue weighted by Gasteiger charge is 2.10. The SMILES string of the molecule is COc1cccc(-c2nc3c4cc(C)ccc4ncn3n2)c1.